The molecule has 9 heteroatoms. The van der Waals surface area contributed by atoms with Crippen LogP contribution in [0.3, 0.4) is 0 Å². The molecule has 0 spiro atoms. The molecule has 35 heavy (non-hydrogen) atoms. The maximum Gasteiger partial charge on any atom is 0.410 e. The van der Waals surface area contributed by atoms with Gasteiger partial charge in [0.15, 0.2) is 0 Å². The van der Waals surface area contributed by atoms with Gasteiger partial charge in [-0.15, -0.1) is 0 Å². The van der Waals surface area contributed by atoms with Gasteiger partial charge in [0.05, 0.1) is 29.0 Å². The van der Waals surface area contributed by atoms with Crippen LogP contribution < -0.4 is 5.32 Å². The Morgan fingerprint density at radius 1 is 1.14 bits per heavy atom. The molecule has 0 saturated carbocycles. The highest BCUT2D eigenvalue weighted by Crippen LogP contribution is 2.38. The van der Waals surface area contributed by atoms with Crippen molar-refractivity contribution in [3.63, 3.8) is 0 Å². The summed E-state index contributed by atoms with van der Waals surface area (Å²) in [5.41, 5.74) is 2.48. The van der Waals surface area contributed by atoms with Crippen LogP contribution in [0.1, 0.15) is 32.5 Å². The Labute approximate surface area is 202 Å². The van der Waals surface area contributed by atoms with Crippen molar-refractivity contribution in [3.05, 3.63) is 72.8 Å². The van der Waals surface area contributed by atoms with E-state index in [0.29, 0.717) is 47.5 Å². The van der Waals surface area contributed by atoms with E-state index in [1.165, 1.54) is 12.4 Å². The summed E-state index contributed by atoms with van der Waals surface area (Å²) in [5.74, 6) is -0.349. The van der Waals surface area contributed by atoms with Crippen molar-refractivity contribution in [2.75, 3.05) is 19.6 Å². The highest BCUT2D eigenvalue weighted by molar-refractivity contribution is 5.97. The van der Waals surface area contributed by atoms with Crippen LogP contribution in [0, 0.1) is 5.82 Å². The fourth-order valence-corrected chi connectivity index (χ4v) is 4.40. The fourth-order valence-electron chi connectivity index (χ4n) is 4.40. The van der Waals surface area contributed by atoms with E-state index in [2.05, 4.69) is 20.3 Å². The van der Waals surface area contributed by atoms with Crippen molar-refractivity contribution >= 4 is 17.1 Å². The summed E-state index contributed by atoms with van der Waals surface area (Å²) in [5, 5.41) is 4.04. The van der Waals surface area contributed by atoms with Crippen molar-refractivity contribution in [2.24, 2.45) is 0 Å². The number of hydrogen-bond donors (Lipinski definition) is 1. The van der Waals surface area contributed by atoms with E-state index in [-0.39, 0.29) is 5.82 Å². The average Bonchev–Trinajstić information content (AvgIpc) is 3.23. The quantitative estimate of drug-likeness (QED) is 0.471. The minimum atomic E-state index is -0.629. The van der Waals surface area contributed by atoms with E-state index in [1.807, 2.05) is 43.7 Å². The molecule has 1 saturated heterocycles. The molecule has 1 unspecified atom stereocenters. The molecule has 1 aromatic carbocycles. The highest BCUT2D eigenvalue weighted by atomic mass is 19.1. The number of carbonyl (C=O) groups is 1. The number of nitrogens with zero attached hydrogens (tertiary/aromatic N) is 5. The SMILES string of the molecule is CC(C)(C)OC(=O)N1CCNCC1c1ncnc2c1c(-c1ccccc1F)cn2-c1cccnc1. The summed E-state index contributed by atoms with van der Waals surface area (Å²) in [7, 11) is 0. The molecular formula is C26H27FN6O2. The third-order valence-corrected chi connectivity index (χ3v) is 5.89. The maximum absolute atomic E-state index is 15.0. The van der Waals surface area contributed by atoms with E-state index >= 15 is 4.39 Å². The highest BCUT2D eigenvalue weighted by Gasteiger charge is 2.34. The van der Waals surface area contributed by atoms with Gasteiger partial charge in [0.2, 0.25) is 0 Å². The van der Waals surface area contributed by atoms with Gasteiger partial charge >= 0.3 is 6.09 Å². The molecule has 0 radical (unpaired) electrons. The summed E-state index contributed by atoms with van der Waals surface area (Å²) >= 11 is 0. The number of pyridine rings is 1. The van der Waals surface area contributed by atoms with E-state index < -0.39 is 17.7 Å². The van der Waals surface area contributed by atoms with E-state index in [0.717, 1.165) is 5.69 Å². The van der Waals surface area contributed by atoms with Crippen LogP contribution >= 0.6 is 0 Å². The first kappa shape index (κ1) is 22.9. The lowest BCUT2D eigenvalue weighted by atomic mass is 10.00. The molecule has 5 rings (SSSR count). The Morgan fingerprint density at radius 3 is 2.71 bits per heavy atom. The van der Waals surface area contributed by atoms with Crippen molar-refractivity contribution < 1.29 is 13.9 Å². The van der Waals surface area contributed by atoms with Crippen LogP contribution in [0.5, 0.6) is 0 Å². The first-order chi connectivity index (χ1) is 16.8. The van der Waals surface area contributed by atoms with Crippen molar-refractivity contribution in [1.29, 1.82) is 0 Å². The molecule has 1 aliphatic rings. The monoisotopic (exact) mass is 474 g/mol. The molecule has 3 aromatic heterocycles. The molecule has 8 nitrogen and oxygen atoms in total. The number of amides is 1. The molecule has 1 aliphatic heterocycles. The van der Waals surface area contributed by atoms with Gasteiger partial charge in [-0.2, -0.15) is 0 Å². The number of rotatable bonds is 3. The predicted octanol–water partition coefficient (Wildman–Crippen LogP) is 4.50. The van der Waals surface area contributed by atoms with Crippen LogP contribution in [-0.2, 0) is 4.74 Å². The van der Waals surface area contributed by atoms with Crippen LogP contribution in [-0.4, -0.2) is 55.7 Å². The molecule has 1 N–H and O–H groups in total. The number of piperazine rings is 1. The third-order valence-electron chi connectivity index (χ3n) is 5.89. The lowest BCUT2D eigenvalue weighted by Crippen LogP contribution is -2.50. The van der Waals surface area contributed by atoms with Gasteiger partial charge in [-0.05, 0) is 39.0 Å². The molecule has 0 bridgehead atoms. The number of aromatic nitrogens is 4. The summed E-state index contributed by atoms with van der Waals surface area (Å²) in [4.78, 5) is 28.2. The average molecular weight is 475 g/mol. The third kappa shape index (κ3) is 4.46. The van der Waals surface area contributed by atoms with Crippen LogP contribution in [0.25, 0.3) is 27.8 Å². The summed E-state index contributed by atoms with van der Waals surface area (Å²) in [6.45, 7) is 7.12. The number of ether oxygens (including phenoxy) is 1. The van der Waals surface area contributed by atoms with Gasteiger partial charge in [0.1, 0.15) is 23.4 Å². The Balaban J connectivity index is 1.72. The van der Waals surface area contributed by atoms with Gasteiger partial charge in [0.25, 0.3) is 0 Å². The molecule has 4 heterocycles. The van der Waals surface area contributed by atoms with Gasteiger partial charge in [-0.1, -0.05) is 18.2 Å². The van der Waals surface area contributed by atoms with Crippen LogP contribution in [0.4, 0.5) is 9.18 Å². The first-order valence-corrected chi connectivity index (χ1v) is 11.5. The zero-order valence-corrected chi connectivity index (χ0v) is 19.9. The Kier molecular flexibility index (Phi) is 5.94. The van der Waals surface area contributed by atoms with Crippen molar-refractivity contribution in [3.8, 4) is 16.8 Å². The van der Waals surface area contributed by atoms with Crippen LogP contribution in [0.15, 0.2) is 61.3 Å². The summed E-state index contributed by atoms with van der Waals surface area (Å²) in [6.07, 6.45) is 6.35. The zero-order chi connectivity index (χ0) is 24.6. The Morgan fingerprint density at radius 2 is 1.97 bits per heavy atom. The van der Waals surface area contributed by atoms with Crippen LogP contribution in [0.2, 0.25) is 0 Å². The molecule has 1 fully saturated rings. The van der Waals surface area contributed by atoms with E-state index in [4.69, 9.17) is 4.74 Å². The lowest BCUT2D eigenvalue weighted by molar-refractivity contribution is 0.0115. The topological polar surface area (TPSA) is 85.2 Å². The number of fused-ring (bicyclic) bond motifs is 1. The van der Waals surface area contributed by atoms with Crippen molar-refractivity contribution in [2.45, 2.75) is 32.4 Å². The maximum atomic E-state index is 15.0. The Bertz CT molecular complexity index is 1370. The van der Waals surface area contributed by atoms with Gasteiger partial charge in [0, 0.05) is 43.2 Å². The predicted molar refractivity (Wildman–Crippen MR) is 131 cm³/mol. The van der Waals surface area contributed by atoms with Gasteiger partial charge in [-0.3, -0.25) is 14.5 Å². The normalized spacial score (nSPS) is 16.5. The standard InChI is InChI=1S/C26H27FN6O2/c1-26(2,3)35-25(34)32-12-11-29-14-21(32)23-22-19(18-8-4-5-9-20(18)27)15-33(24(22)31-16-30-23)17-7-6-10-28-13-17/h4-10,13,15-16,21,29H,11-12,14H2,1-3H3. The molecule has 4 aromatic rings. The largest absolute Gasteiger partial charge is 0.444 e. The number of benzene rings is 1. The number of halogens is 1. The lowest BCUT2D eigenvalue weighted by Gasteiger charge is -2.37. The minimum Gasteiger partial charge on any atom is -0.444 e. The van der Waals surface area contributed by atoms with E-state index in [9.17, 15) is 4.79 Å². The second-order valence-electron chi connectivity index (χ2n) is 9.46. The van der Waals surface area contributed by atoms with E-state index in [1.54, 1.807) is 35.5 Å². The minimum absolute atomic E-state index is 0.349. The summed E-state index contributed by atoms with van der Waals surface area (Å²) in [6, 6.07) is 9.95. The molecule has 1 atom stereocenters. The van der Waals surface area contributed by atoms with Gasteiger partial charge < -0.3 is 10.1 Å². The molecular weight excluding hydrogens is 447 g/mol. The number of hydrogen-bond acceptors (Lipinski definition) is 6. The zero-order valence-electron chi connectivity index (χ0n) is 19.9. The summed E-state index contributed by atoms with van der Waals surface area (Å²) < 4.78 is 22.6. The van der Waals surface area contributed by atoms with Gasteiger partial charge in [-0.25, -0.2) is 19.2 Å². The molecule has 1 amide bonds. The molecule has 180 valence electrons. The molecule has 0 aliphatic carbocycles. The Hall–Kier alpha value is -3.85. The van der Waals surface area contributed by atoms with Crippen molar-refractivity contribution in [1.82, 2.24) is 29.7 Å². The second-order valence-corrected chi connectivity index (χ2v) is 9.46. The number of carbonyl (C=O) groups excluding carboxylic acids is 1. The second kappa shape index (κ2) is 9.07. The number of nitrogens with one attached hydrogen (secondary N) is 1. The fraction of sp³-hybridized carbons (Fsp3) is 0.308. The first-order valence-electron chi connectivity index (χ1n) is 11.5. The smallest absolute Gasteiger partial charge is 0.410 e.